The Kier molecular flexibility index (Phi) is 6.80. The lowest BCUT2D eigenvalue weighted by Crippen LogP contribution is -2.31. The zero-order chi connectivity index (χ0) is 20.7. The SMILES string of the molecule is COc1cc(C(=O)O)ccc1N=NC(C(C)=O)C(=O)Nc1ccccc1OC. The lowest BCUT2D eigenvalue weighted by Gasteiger charge is -2.12. The molecule has 2 aromatic rings. The van der Waals surface area contributed by atoms with Gasteiger partial charge >= 0.3 is 5.97 Å². The predicted octanol–water partition coefficient (Wildman–Crippen LogP) is 3.08. The number of Topliss-reactive ketones (excluding diaryl/α,β-unsaturated/α-hetero) is 1. The molecule has 0 saturated carbocycles. The zero-order valence-corrected chi connectivity index (χ0v) is 15.5. The number of carbonyl (C=O) groups is 3. The van der Waals surface area contributed by atoms with Gasteiger partial charge in [-0.15, -0.1) is 0 Å². The minimum atomic E-state index is -1.39. The van der Waals surface area contributed by atoms with E-state index in [0.717, 1.165) is 0 Å². The summed E-state index contributed by atoms with van der Waals surface area (Å²) in [5.41, 5.74) is 0.580. The molecule has 2 rings (SSSR count). The molecule has 2 N–H and O–H groups in total. The first-order valence-corrected chi connectivity index (χ1v) is 8.14. The predicted molar refractivity (Wildman–Crippen MR) is 101 cm³/mol. The standard InChI is InChI=1S/C19H19N3O6/c1-11(23)17(18(24)20-13-6-4-5-7-15(13)27-2)22-21-14-9-8-12(19(25)26)10-16(14)28-3/h4-10,17H,1-3H3,(H,20,24)(H,25,26). The average Bonchev–Trinajstić information content (AvgIpc) is 2.68. The number of carbonyl (C=O) groups excluding carboxylic acids is 2. The molecule has 1 amide bonds. The number of ketones is 1. The Labute approximate surface area is 161 Å². The van der Waals surface area contributed by atoms with Crippen LogP contribution in [0, 0.1) is 0 Å². The number of methoxy groups -OCH3 is 2. The molecule has 0 aliphatic carbocycles. The van der Waals surface area contributed by atoms with E-state index < -0.39 is 23.7 Å². The topological polar surface area (TPSA) is 127 Å². The van der Waals surface area contributed by atoms with Crippen molar-refractivity contribution in [1.29, 1.82) is 0 Å². The number of aromatic carboxylic acids is 1. The van der Waals surface area contributed by atoms with E-state index in [9.17, 15) is 14.4 Å². The summed E-state index contributed by atoms with van der Waals surface area (Å²) in [5.74, 6) is -1.74. The fourth-order valence-corrected chi connectivity index (χ4v) is 2.28. The summed E-state index contributed by atoms with van der Waals surface area (Å²) >= 11 is 0. The smallest absolute Gasteiger partial charge is 0.335 e. The minimum absolute atomic E-state index is 0.00725. The molecule has 2 aromatic carbocycles. The van der Waals surface area contributed by atoms with Crippen molar-refractivity contribution in [2.24, 2.45) is 10.2 Å². The van der Waals surface area contributed by atoms with Crippen molar-refractivity contribution in [3.63, 3.8) is 0 Å². The summed E-state index contributed by atoms with van der Waals surface area (Å²) < 4.78 is 10.3. The Hall–Kier alpha value is -3.75. The molecule has 9 nitrogen and oxygen atoms in total. The van der Waals surface area contributed by atoms with E-state index in [2.05, 4.69) is 15.5 Å². The molecule has 0 fully saturated rings. The van der Waals surface area contributed by atoms with E-state index in [1.807, 2.05) is 0 Å². The van der Waals surface area contributed by atoms with E-state index in [4.69, 9.17) is 14.6 Å². The lowest BCUT2D eigenvalue weighted by atomic mass is 10.2. The van der Waals surface area contributed by atoms with Gasteiger partial charge in [-0.25, -0.2) is 4.79 Å². The third kappa shape index (κ3) is 4.91. The van der Waals surface area contributed by atoms with Crippen LogP contribution in [0.2, 0.25) is 0 Å². The van der Waals surface area contributed by atoms with Crippen LogP contribution in [0.5, 0.6) is 11.5 Å². The number of carboxylic acids is 1. The van der Waals surface area contributed by atoms with E-state index in [1.165, 1.54) is 39.3 Å². The highest BCUT2D eigenvalue weighted by Crippen LogP contribution is 2.29. The van der Waals surface area contributed by atoms with Crippen LogP contribution in [0.15, 0.2) is 52.7 Å². The summed E-state index contributed by atoms with van der Waals surface area (Å²) in [6.07, 6.45) is 0. The van der Waals surface area contributed by atoms with Crippen LogP contribution < -0.4 is 14.8 Å². The molecular weight excluding hydrogens is 366 g/mol. The van der Waals surface area contributed by atoms with Gasteiger partial charge in [0.15, 0.2) is 5.78 Å². The van der Waals surface area contributed by atoms with Crippen molar-refractivity contribution >= 4 is 29.0 Å². The summed E-state index contributed by atoms with van der Waals surface area (Å²) in [6.45, 7) is 1.22. The summed E-state index contributed by atoms with van der Waals surface area (Å²) in [7, 11) is 2.80. The number of nitrogens with one attached hydrogen (secondary N) is 1. The molecule has 1 unspecified atom stereocenters. The Morgan fingerprint density at radius 1 is 1.04 bits per heavy atom. The second kappa shape index (κ2) is 9.26. The lowest BCUT2D eigenvalue weighted by molar-refractivity contribution is -0.126. The second-order valence-electron chi connectivity index (χ2n) is 5.61. The number of rotatable bonds is 8. The maximum Gasteiger partial charge on any atom is 0.335 e. The van der Waals surface area contributed by atoms with Crippen molar-refractivity contribution in [2.45, 2.75) is 13.0 Å². The average molecular weight is 385 g/mol. The van der Waals surface area contributed by atoms with Gasteiger partial charge in [0, 0.05) is 0 Å². The molecule has 0 aliphatic heterocycles. The summed E-state index contributed by atoms with van der Waals surface area (Å²) in [5, 5.41) is 19.3. The molecule has 28 heavy (non-hydrogen) atoms. The van der Waals surface area contributed by atoms with Crippen molar-refractivity contribution in [3.05, 3.63) is 48.0 Å². The third-order valence-corrected chi connectivity index (χ3v) is 3.71. The highest BCUT2D eigenvalue weighted by atomic mass is 16.5. The number of hydrogen-bond acceptors (Lipinski definition) is 7. The van der Waals surface area contributed by atoms with E-state index in [-0.39, 0.29) is 17.0 Å². The van der Waals surface area contributed by atoms with Gasteiger partial charge in [0.05, 0.1) is 25.5 Å². The van der Waals surface area contributed by atoms with Crippen LogP contribution >= 0.6 is 0 Å². The van der Waals surface area contributed by atoms with Gasteiger partial charge < -0.3 is 19.9 Å². The molecule has 0 aromatic heterocycles. The van der Waals surface area contributed by atoms with Crippen LogP contribution in [-0.2, 0) is 9.59 Å². The molecule has 146 valence electrons. The normalized spacial score (nSPS) is 11.7. The van der Waals surface area contributed by atoms with Crippen molar-refractivity contribution < 1.29 is 29.0 Å². The molecule has 0 heterocycles. The molecule has 0 spiro atoms. The van der Waals surface area contributed by atoms with Crippen molar-refractivity contribution in [3.8, 4) is 11.5 Å². The fourth-order valence-electron chi connectivity index (χ4n) is 2.28. The largest absolute Gasteiger partial charge is 0.495 e. The molecule has 0 aliphatic rings. The van der Waals surface area contributed by atoms with E-state index in [1.54, 1.807) is 24.3 Å². The first-order valence-electron chi connectivity index (χ1n) is 8.14. The fraction of sp³-hybridized carbons (Fsp3) is 0.211. The number of ether oxygens (including phenoxy) is 2. The Morgan fingerprint density at radius 2 is 1.71 bits per heavy atom. The van der Waals surface area contributed by atoms with Gasteiger partial charge in [-0.2, -0.15) is 10.2 Å². The molecule has 0 saturated heterocycles. The Morgan fingerprint density at radius 3 is 2.32 bits per heavy atom. The number of benzene rings is 2. The van der Waals surface area contributed by atoms with Gasteiger partial charge in [-0.3, -0.25) is 9.59 Å². The van der Waals surface area contributed by atoms with Gasteiger partial charge in [-0.1, -0.05) is 12.1 Å². The van der Waals surface area contributed by atoms with Crippen LogP contribution in [-0.4, -0.2) is 43.0 Å². The van der Waals surface area contributed by atoms with Gasteiger partial charge in [-0.05, 0) is 37.3 Å². The van der Waals surface area contributed by atoms with Crippen LogP contribution in [0.1, 0.15) is 17.3 Å². The second-order valence-corrected chi connectivity index (χ2v) is 5.61. The highest BCUT2D eigenvalue weighted by molar-refractivity contribution is 6.10. The van der Waals surface area contributed by atoms with Crippen molar-refractivity contribution in [2.75, 3.05) is 19.5 Å². The molecule has 0 bridgehead atoms. The summed E-state index contributed by atoms with van der Waals surface area (Å²) in [4.78, 5) is 35.4. The number of hydrogen-bond donors (Lipinski definition) is 2. The number of carboxylic acid groups (broad SMARTS) is 1. The Balaban J connectivity index is 2.26. The van der Waals surface area contributed by atoms with E-state index >= 15 is 0 Å². The maximum atomic E-state index is 12.5. The van der Waals surface area contributed by atoms with Gasteiger partial charge in [0.2, 0.25) is 6.04 Å². The number of azo groups is 1. The maximum absolute atomic E-state index is 12.5. The number of para-hydroxylation sites is 2. The first kappa shape index (κ1) is 20.6. The first-order chi connectivity index (χ1) is 13.4. The van der Waals surface area contributed by atoms with E-state index in [0.29, 0.717) is 11.4 Å². The van der Waals surface area contributed by atoms with Crippen LogP contribution in [0.3, 0.4) is 0 Å². The van der Waals surface area contributed by atoms with Gasteiger partial charge in [0.25, 0.3) is 5.91 Å². The summed E-state index contributed by atoms with van der Waals surface area (Å²) in [6, 6.07) is 9.30. The number of anilines is 1. The highest BCUT2D eigenvalue weighted by Gasteiger charge is 2.24. The number of amides is 1. The number of nitrogens with zero attached hydrogens (tertiary/aromatic N) is 2. The molecule has 9 heteroatoms. The Bertz CT molecular complexity index is 926. The minimum Gasteiger partial charge on any atom is -0.495 e. The monoisotopic (exact) mass is 385 g/mol. The van der Waals surface area contributed by atoms with Crippen LogP contribution in [0.25, 0.3) is 0 Å². The third-order valence-electron chi connectivity index (χ3n) is 3.71. The molecule has 1 atom stereocenters. The molecular formula is C19H19N3O6. The zero-order valence-electron chi connectivity index (χ0n) is 15.5. The molecule has 0 radical (unpaired) electrons. The van der Waals surface area contributed by atoms with Crippen molar-refractivity contribution in [1.82, 2.24) is 0 Å². The quantitative estimate of drug-likeness (QED) is 0.531. The van der Waals surface area contributed by atoms with Gasteiger partial charge in [0.1, 0.15) is 17.2 Å². The van der Waals surface area contributed by atoms with Crippen LogP contribution in [0.4, 0.5) is 11.4 Å².